The second kappa shape index (κ2) is 5.22. The highest BCUT2D eigenvalue weighted by Gasteiger charge is 2.47. The first-order valence-corrected chi connectivity index (χ1v) is 7.87. The van der Waals surface area contributed by atoms with E-state index in [0.717, 1.165) is 24.7 Å². The Bertz CT molecular complexity index is 496. The predicted molar refractivity (Wildman–Crippen MR) is 81.2 cm³/mol. The quantitative estimate of drug-likeness (QED) is 0.908. The Morgan fingerprint density at radius 3 is 2.40 bits per heavy atom. The minimum absolute atomic E-state index is 0.244. The summed E-state index contributed by atoms with van der Waals surface area (Å²) in [5.41, 5.74) is 0.945. The van der Waals surface area contributed by atoms with Gasteiger partial charge in [-0.1, -0.05) is 44.2 Å². The maximum absolute atomic E-state index is 9.58. The minimum atomic E-state index is -0.244. The predicted octanol–water partition coefficient (Wildman–Crippen LogP) is 3.63. The highest BCUT2D eigenvalue weighted by molar-refractivity contribution is 5.36. The van der Waals surface area contributed by atoms with Crippen LogP contribution in [-0.4, -0.2) is 12.1 Å². The van der Waals surface area contributed by atoms with Gasteiger partial charge in [-0.3, -0.25) is 0 Å². The Morgan fingerprint density at radius 2 is 1.85 bits per heavy atom. The van der Waals surface area contributed by atoms with Gasteiger partial charge in [0, 0.05) is 12.1 Å². The highest BCUT2D eigenvalue weighted by atomic mass is 15.0. The monoisotopic (exact) mass is 268 g/mol. The lowest BCUT2D eigenvalue weighted by molar-refractivity contribution is 0.194. The van der Waals surface area contributed by atoms with Gasteiger partial charge in [-0.15, -0.1) is 0 Å². The van der Waals surface area contributed by atoms with Crippen LogP contribution in [0.5, 0.6) is 0 Å². The van der Waals surface area contributed by atoms with Crippen molar-refractivity contribution in [3.8, 4) is 6.07 Å². The second-order valence-corrected chi connectivity index (χ2v) is 6.85. The number of benzene rings is 1. The molecule has 106 valence electrons. The smallest absolute Gasteiger partial charge is 0.0852 e. The fourth-order valence-corrected chi connectivity index (χ4v) is 3.95. The lowest BCUT2D eigenvalue weighted by Gasteiger charge is -2.45. The van der Waals surface area contributed by atoms with Gasteiger partial charge in [-0.25, -0.2) is 0 Å². The van der Waals surface area contributed by atoms with E-state index >= 15 is 0 Å². The molecular formula is C18H24N2. The molecule has 2 nitrogen and oxygen atoms in total. The molecule has 1 aromatic carbocycles. The van der Waals surface area contributed by atoms with Crippen molar-refractivity contribution in [3.05, 3.63) is 35.9 Å². The van der Waals surface area contributed by atoms with Gasteiger partial charge in [-0.2, -0.15) is 5.26 Å². The summed E-state index contributed by atoms with van der Waals surface area (Å²) >= 11 is 0. The van der Waals surface area contributed by atoms with Crippen molar-refractivity contribution in [1.82, 2.24) is 5.32 Å². The largest absolute Gasteiger partial charge is 0.311 e. The molecule has 0 heterocycles. The average Bonchev–Trinajstić information content (AvgIpc) is 2.75. The molecule has 2 fully saturated rings. The Balaban J connectivity index is 1.62. The van der Waals surface area contributed by atoms with Crippen LogP contribution >= 0.6 is 0 Å². The summed E-state index contributed by atoms with van der Waals surface area (Å²) in [4.78, 5) is 0. The summed E-state index contributed by atoms with van der Waals surface area (Å²) in [6.07, 6.45) is 4.56. The maximum Gasteiger partial charge on any atom is 0.0852 e. The molecule has 0 amide bonds. The molecule has 0 aliphatic heterocycles. The van der Waals surface area contributed by atoms with Crippen LogP contribution in [0.1, 0.15) is 45.1 Å². The van der Waals surface area contributed by atoms with Crippen LogP contribution in [0, 0.1) is 23.2 Å². The molecule has 0 aromatic heterocycles. The molecule has 0 bridgehead atoms. The Morgan fingerprint density at radius 1 is 1.15 bits per heavy atom. The molecule has 1 N–H and O–H groups in total. The molecule has 0 radical (unpaired) electrons. The van der Waals surface area contributed by atoms with Crippen LogP contribution in [0.25, 0.3) is 0 Å². The minimum Gasteiger partial charge on any atom is -0.311 e. The van der Waals surface area contributed by atoms with Crippen molar-refractivity contribution >= 4 is 0 Å². The van der Waals surface area contributed by atoms with Crippen LogP contribution in [0.3, 0.4) is 0 Å². The molecule has 1 aromatic rings. The third-order valence-electron chi connectivity index (χ3n) is 5.65. The van der Waals surface area contributed by atoms with Gasteiger partial charge in [0.1, 0.15) is 0 Å². The molecule has 3 rings (SSSR count). The molecule has 2 aliphatic rings. The number of hydrogen-bond donors (Lipinski definition) is 1. The molecule has 0 saturated heterocycles. The number of nitrogens with zero attached hydrogens (tertiary/aromatic N) is 1. The normalized spacial score (nSPS) is 40.0. The molecular weight excluding hydrogens is 244 g/mol. The van der Waals surface area contributed by atoms with Gasteiger partial charge in [0.15, 0.2) is 0 Å². The number of nitrogens with one attached hydrogen (secondary N) is 1. The fourth-order valence-electron chi connectivity index (χ4n) is 3.95. The average molecular weight is 268 g/mol. The Kier molecular flexibility index (Phi) is 3.56. The topological polar surface area (TPSA) is 35.8 Å². The third-order valence-corrected chi connectivity index (χ3v) is 5.65. The summed E-state index contributed by atoms with van der Waals surface area (Å²) in [5.74, 6) is 1.60. The second-order valence-electron chi connectivity index (χ2n) is 6.85. The van der Waals surface area contributed by atoms with E-state index < -0.39 is 0 Å². The van der Waals surface area contributed by atoms with Crippen molar-refractivity contribution in [3.63, 3.8) is 0 Å². The summed E-state index contributed by atoms with van der Waals surface area (Å²) in [5, 5.41) is 13.4. The summed E-state index contributed by atoms with van der Waals surface area (Å²) in [7, 11) is 0. The molecule has 2 saturated carbocycles. The zero-order valence-corrected chi connectivity index (χ0v) is 12.5. The zero-order valence-electron chi connectivity index (χ0n) is 12.5. The lowest BCUT2D eigenvalue weighted by Crippen LogP contribution is -2.54. The maximum atomic E-state index is 9.58. The van der Waals surface area contributed by atoms with Crippen molar-refractivity contribution in [2.24, 2.45) is 11.8 Å². The van der Waals surface area contributed by atoms with Crippen LogP contribution in [0.4, 0.5) is 0 Å². The van der Waals surface area contributed by atoms with E-state index in [4.69, 9.17) is 0 Å². The number of hydrogen-bond acceptors (Lipinski definition) is 2. The lowest BCUT2D eigenvalue weighted by atomic mass is 9.62. The summed E-state index contributed by atoms with van der Waals surface area (Å²) in [6, 6.07) is 14.0. The SMILES string of the molecule is CC1CCC(NC2CC(C#N)(c3ccccc3)C2)C1C. The molecule has 3 atom stereocenters. The van der Waals surface area contributed by atoms with Crippen molar-refractivity contribution < 1.29 is 0 Å². The van der Waals surface area contributed by atoms with E-state index in [1.54, 1.807) is 0 Å². The van der Waals surface area contributed by atoms with Crippen LogP contribution in [0.2, 0.25) is 0 Å². The third kappa shape index (κ3) is 2.25. The van der Waals surface area contributed by atoms with Gasteiger partial charge in [0.25, 0.3) is 0 Å². The first-order chi connectivity index (χ1) is 9.64. The Hall–Kier alpha value is -1.33. The standard InChI is InChI=1S/C18H24N2/c1-13-8-9-17(14(13)2)20-16-10-18(11-16,12-19)15-6-4-3-5-7-15/h3-7,13-14,16-17,20H,8-11H2,1-2H3. The van der Waals surface area contributed by atoms with Gasteiger partial charge < -0.3 is 5.32 Å². The molecule has 2 aliphatic carbocycles. The van der Waals surface area contributed by atoms with Crippen LogP contribution < -0.4 is 5.32 Å². The molecule has 20 heavy (non-hydrogen) atoms. The van der Waals surface area contributed by atoms with E-state index in [1.165, 1.54) is 18.4 Å². The van der Waals surface area contributed by atoms with Crippen molar-refractivity contribution in [1.29, 1.82) is 5.26 Å². The highest BCUT2D eigenvalue weighted by Crippen LogP contribution is 2.44. The summed E-state index contributed by atoms with van der Waals surface area (Å²) in [6.45, 7) is 4.72. The molecule has 2 heteroatoms. The van der Waals surface area contributed by atoms with Gasteiger partial charge in [0.05, 0.1) is 11.5 Å². The zero-order chi connectivity index (χ0) is 14.2. The first kappa shape index (κ1) is 13.6. The van der Waals surface area contributed by atoms with E-state index in [1.807, 2.05) is 18.2 Å². The van der Waals surface area contributed by atoms with Gasteiger partial charge in [0.2, 0.25) is 0 Å². The first-order valence-electron chi connectivity index (χ1n) is 7.87. The van der Waals surface area contributed by atoms with E-state index in [9.17, 15) is 5.26 Å². The number of rotatable bonds is 3. The van der Waals surface area contributed by atoms with Gasteiger partial charge in [-0.05, 0) is 43.1 Å². The Labute approximate surface area is 122 Å². The van der Waals surface area contributed by atoms with Crippen LogP contribution in [-0.2, 0) is 5.41 Å². The fraction of sp³-hybridized carbons (Fsp3) is 0.611. The van der Waals surface area contributed by atoms with Crippen molar-refractivity contribution in [2.45, 2.75) is 57.0 Å². The molecule has 0 spiro atoms. The van der Waals surface area contributed by atoms with Crippen LogP contribution in [0.15, 0.2) is 30.3 Å². The molecule has 3 unspecified atom stereocenters. The van der Waals surface area contributed by atoms with Gasteiger partial charge >= 0.3 is 0 Å². The van der Waals surface area contributed by atoms with E-state index in [-0.39, 0.29) is 5.41 Å². The van der Waals surface area contributed by atoms with E-state index in [2.05, 4.69) is 37.4 Å². The number of nitriles is 1. The van der Waals surface area contributed by atoms with E-state index in [0.29, 0.717) is 12.1 Å². The summed E-state index contributed by atoms with van der Waals surface area (Å²) < 4.78 is 0. The van der Waals surface area contributed by atoms with Crippen molar-refractivity contribution in [2.75, 3.05) is 0 Å².